The van der Waals surface area contributed by atoms with E-state index in [1.165, 1.54) is 5.56 Å². The normalized spacial score (nSPS) is 14.2. The summed E-state index contributed by atoms with van der Waals surface area (Å²) in [4.78, 5) is 0. The summed E-state index contributed by atoms with van der Waals surface area (Å²) >= 11 is 3.54. The molecule has 0 saturated carbocycles. The van der Waals surface area contributed by atoms with Crippen molar-refractivity contribution in [2.75, 3.05) is 40.5 Å². The maximum absolute atomic E-state index is 5.31. The average Bonchev–Trinajstić information content (AvgIpc) is 2.42. The Kier molecular flexibility index (Phi) is 9.10. The van der Waals surface area contributed by atoms with Gasteiger partial charge in [0, 0.05) is 31.8 Å². The van der Waals surface area contributed by atoms with Crippen LogP contribution in [0.25, 0.3) is 0 Å². The average molecular weight is 344 g/mol. The van der Waals surface area contributed by atoms with E-state index >= 15 is 0 Å². The fraction of sp³-hybridized carbons (Fsp3) is 0.625. The van der Waals surface area contributed by atoms with Gasteiger partial charge in [0.05, 0.1) is 6.61 Å². The molecule has 4 heteroatoms. The molecular weight excluding hydrogens is 318 g/mol. The van der Waals surface area contributed by atoms with E-state index < -0.39 is 0 Å². The van der Waals surface area contributed by atoms with Gasteiger partial charge >= 0.3 is 0 Å². The summed E-state index contributed by atoms with van der Waals surface area (Å²) in [6, 6.07) is 8.54. The third kappa shape index (κ3) is 6.84. The SMILES string of the molecule is COCCNCC(Cc1cccc(Br)c1)C(C)COC. The van der Waals surface area contributed by atoms with Crippen molar-refractivity contribution in [1.29, 1.82) is 0 Å². The fourth-order valence-corrected chi connectivity index (χ4v) is 2.75. The van der Waals surface area contributed by atoms with E-state index in [2.05, 4.69) is 52.4 Å². The van der Waals surface area contributed by atoms with Gasteiger partial charge in [0.15, 0.2) is 0 Å². The van der Waals surface area contributed by atoms with Crippen molar-refractivity contribution in [3.63, 3.8) is 0 Å². The zero-order valence-corrected chi connectivity index (χ0v) is 14.3. The van der Waals surface area contributed by atoms with Crippen LogP contribution in [0.5, 0.6) is 0 Å². The lowest BCUT2D eigenvalue weighted by Gasteiger charge is -2.24. The Morgan fingerprint density at radius 1 is 1.25 bits per heavy atom. The predicted molar refractivity (Wildman–Crippen MR) is 87.1 cm³/mol. The number of ether oxygens (including phenoxy) is 2. The van der Waals surface area contributed by atoms with Crippen molar-refractivity contribution < 1.29 is 9.47 Å². The molecule has 0 heterocycles. The van der Waals surface area contributed by atoms with Crippen LogP contribution in [-0.4, -0.2) is 40.5 Å². The Bertz CT molecular complexity index is 373. The van der Waals surface area contributed by atoms with Crippen molar-refractivity contribution in [1.82, 2.24) is 5.32 Å². The minimum atomic E-state index is 0.522. The zero-order chi connectivity index (χ0) is 14.8. The minimum absolute atomic E-state index is 0.522. The van der Waals surface area contributed by atoms with Gasteiger partial charge in [-0.2, -0.15) is 0 Å². The molecular formula is C16H26BrNO2. The number of hydrogen-bond acceptors (Lipinski definition) is 3. The van der Waals surface area contributed by atoms with Gasteiger partial charge in [-0.05, 0) is 42.5 Å². The highest BCUT2D eigenvalue weighted by Gasteiger charge is 2.17. The van der Waals surface area contributed by atoms with Gasteiger partial charge in [-0.15, -0.1) is 0 Å². The summed E-state index contributed by atoms with van der Waals surface area (Å²) in [6.07, 6.45) is 1.06. The smallest absolute Gasteiger partial charge is 0.0587 e. The lowest BCUT2D eigenvalue weighted by atomic mass is 9.88. The highest BCUT2D eigenvalue weighted by atomic mass is 79.9. The number of rotatable bonds is 10. The Morgan fingerprint density at radius 2 is 2.05 bits per heavy atom. The van der Waals surface area contributed by atoms with E-state index in [9.17, 15) is 0 Å². The van der Waals surface area contributed by atoms with E-state index in [1.807, 2.05) is 0 Å². The molecule has 0 fully saturated rings. The Labute approximate surface area is 131 Å². The highest BCUT2D eigenvalue weighted by molar-refractivity contribution is 9.10. The minimum Gasteiger partial charge on any atom is -0.384 e. The number of benzene rings is 1. The molecule has 0 radical (unpaired) electrons. The van der Waals surface area contributed by atoms with E-state index in [-0.39, 0.29) is 0 Å². The number of halogens is 1. The van der Waals surface area contributed by atoms with E-state index in [0.717, 1.165) is 37.2 Å². The molecule has 0 amide bonds. The van der Waals surface area contributed by atoms with Crippen molar-refractivity contribution in [2.45, 2.75) is 13.3 Å². The summed E-state index contributed by atoms with van der Waals surface area (Å²) < 4.78 is 11.5. The van der Waals surface area contributed by atoms with Gasteiger partial charge in [-0.25, -0.2) is 0 Å². The predicted octanol–water partition coefficient (Wildman–Crippen LogP) is 3.13. The molecule has 0 aliphatic carbocycles. The van der Waals surface area contributed by atoms with Gasteiger partial charge in [0.25, 0.3) is 0 Å². The summed E-state index contributed by atoms with van der Waals surface area (Å²) in [7, 11) is 3.50. The van der Waals surface area contributed by atoms with Crippen LogP contribution in [0.15, 0.2) is 28.7 Å². The molecule has 1 N–H and O–H groups in total. The van der Waals surface area contributed by atoms with E-state index in [4.69, 9.17) is 9.47 Å². The van der Waals surface area contributed by atoms with Crippen molar-refractivity contribution >= 4 is 15.9 Å². The number of nitrogens with one attached hydrogen (secondary N) is 1. The van der Waals surface area contributed by atoms with Crippen LogP contribution in [0.4, 0.5) is 0 Å². The molecule has 114 valence electrons. The van der Waals surface area contributed by atoms with Crippen LogP contribution in [-0.2, 0) is 15.9 Å². The second kappa shape index (κ2) is 10.3. The van der Waals surface area contributed by atoms with Crippen LogP contribution in [0.2, 0.25) is 0 Å². The molecule has 0 bridgehead atoms. The van der Waals surface area contributed by atoms with Gasteiger partial charge in [0.1, 0.15) is 0 Å². The van der Waals surface area contributed by atoms with Crippen molar-refractivity contribution in [3.8, 4) is 0 Å². The summed E-state index contributed by atoms with van der Waals surface area (Å²) in [6.45, 7) is 5.68. The van der Waals surface area contributed by atoms with Gasteiger partial charge < -0.3 is 14.8 Å². The summed E-state index contributed by atoms with van der Waals surface area (Å²) in [5.41, 5.74) is 1.36. The second-order valence-electron chi connectivity index (χ2n) is 5.22. The van der Waals surface area contributed by atoms with Crippen molar-refractivity contribution in [3.05, 3.63) is 34.3 Å². The molecule has 0 aliphatic rings. The Morgan fingerprint density at radius 3 is 2.70 bits per heavy atom. The van der Waals surface area contributed by atoms with Gasteiger partial charge in [-0.3, -0.25) is 0 Å². The van der Waals surface area contributed by atoms with Crippen LogP contribution >= 0.6 is 15.9 Å². The van der Waals surface area contributed by atoms with E-state index in [1.54, 1.807) is 14.2 Å². The Balaban J connectivity index is 2.56. The van der Waals surface area contributed by atoms with Crippen LogP contribution in [0, 0.1) is 11.8 Å². The third-order valence-electron chi connectivity index (χ3n) is 3.51. The molecule has 0 aliphatic heterocycles. The highest BCUT2D eigenvalue weighted by Crippen LogP contribution is 2.20. The number of methoxy groups -OCH3 is 2. The lowest BCUT2D eigenvalue weighted by Crippen LogP contribution is -2.32. The largest absolute Gasteiger partial charge is 0.384 e. The third-order valence-corrected chi connectivity index (χ3v) is 4.00. The molecule has 2 unspecified atom stereocenters. The molecule has 3 nitrogen and oxygen atoms in total. The summed E-state index contributed by atoms with van der Waals surface area (Å²) in [5, 5.41) is 3.47. The first-order chi connectivity index (χ1) is 9.67. The van der Waals surface area contributed by atoms with Gasteiger partial charge in [0.2, 0.25) is 0 Å². The van der Waals surface area contributed by atoms with Crippen LogP contribution in [0.3, 0.4) is 0 Å². The quantitative estimate of drug-likeness (QED) is 0.662. The topological polar surface area (TPSA) is 30.5 Å². The molecule has 1 rings (SSSR count). The standard InChI is InChI=1S/C16H26BrNO2/c1-13(12-20-3)15(11-18-7-8-19-2)9-14-5-4-6-16(17)10-14/h4-6,10,13,15,18H,7-9,11-12H2,1-3H3. The van der Waals surface area contributed by atoms with Crippen molar-refractivity contribution in [2.24, 2.45) is 11.8 Å². The molecule has 1 aromatic carbocycles. The van der Waals surface area contributed by atoms with E-state index in [0.29, 0.717) is 11.8 Å². The molecule has 1 aromatic rings. The molecule has 0 aromatic heterocycles. The van der Waals surface area contributed by atoms with Crippen LogP contribution < -0.4 is 5.32 Å². The first-order valence-electron chi connectivity index (χ1n) is 7.10. The van der Waals surface area contributed by atoms with Gasteiger partial charge in [-0.1, -0.05) is 35.0 Å². The number of hydrogen-bond donors (Lipinski definition) is 1. The monoisotopic (exact) mass is 343 g/mol. The first-order valence-corrected chi connectivity index (χ1v) is 7.89. The molecule has 20 heavy (non-hydrogen) atoms. The molecule has 0 saturated heterocycles. The first kappa shape index (κ1) is 17.6. The fourth-order valence-electron chi connectivity index (χ4n) is 2.30. The van der Waals surface area contributed by atoms with Crippen LogP contribution in [0.1, 0.15) is 12.5 Å². The molecule has 0 spiro atoms. The zero-order valence-electron chi connectivity index (χ0n) is 12.7. The maximum atomic E-state index is 5.31. The lowest BCUT2D eigenvalue weighted by molar-refractivity contribution is 0.126. The summed E-state index contributed by atoms with van der Waals surface area (Å²) in [5.74, 6) is 1.08. The Hall–Kier alpha value is -0.420. The molecule has 2 atom stereocenters. The second-order valence-corrected chi connectivity index (χ2v) is 6.14. The maximum Gasteiger partial charge on any atom is 0.0587 e.